The van der Waals surface area contributed by atoms with Crippen molar-refractivity contribution in [2.45, 2.75) is 64.3 Å². The maximum absolute atomic E-state index is 13.0. The van der Waals surface area contributed by atoms with Gasteiger partial charge in [-0.05, 0) is 49.7 Å². The van der Waals surface area contributed by atoms with Gasteiger partial charge >= 0.3 is 0 Å². The first-order valence-electron chi connectivity index (χ1n) is 8.77. The predicted octanol–water partition coefficient (Wildman–Crippen LogP) is 4.82. The Hall–Kier alpha value is -1.11. The van der Waals surface area contributed by atoms with Gasteiger partial charge in [0.05, 0.1) is 5.02 Å². The summed E-state index contributed by atoms with van der Waals surface area (Å²) in [5.74, 6) is 0.625. The van der Waals surface area contributed by atoms with Crippen molar-refractivity contribution < 1.29 is 8.42 Å². The molecule has 142 valence electrons. The number of hydrogen-bond acceptors (Lipinski definition) is 3. The van der Waals surface area contributed by atoms with E-state index in [1.54, 1.807) is 25.1 Å². The molecule has 0 radical (unpaired) electrons. The molecule has 0 saturated heterocycles. The molecule has 0 unspecified atom stereocenters. The highest BCUT2D eigenvalue weighted by atomic mass is 35.5. The summed E-state index contributed by atoms with van der Waals surface area (Å²) in [6.45, 7) is 11.1. The van der Waals surface area contributed by atoms with Gasteiger partial charge in [0.2, 0.25) is 4.80 Å². The van der Waals surface area contributed by atoms with Crippen LogP contribution in [0, 0.1) is 19.8 Å². The molecule has 1 heterocycles. The van der Waals surface area contributed by atoms with E-state index in [1.807, 2.05) is 0 Å². The molecule has 1 fully saturated rings. The van der Waals surface area contributed by atoms with Gasteiger partial charge in [-0.25, -0.2) is 0 Å². The summed E-state index contributed by atoms with van der Waals surface area (Å²) >= 11 is 7.65. The second-order valence-corrected chi connectivity index (χ2v) is 11.0. The van der Waals surface area contributed by atoms with Gasteiger partial charge in [0.25, 0.3) is 10.0 Å². The van der Waals surface area contributed by atoms with Gasteiger partial charge in [0, 0.05) is 17.1 Å². The summed E-state index contributed by atoms with van der Waals surface area (Å²) in [6, 6.07) is 5.08. The van der Waals surface area contributed by atoms with Crippen LogP contribution in [0.5, 0.6) is 0 Å². The molecule has 1 saturated carbocycles. The van der Waals surface area contributed by atoms with E-state index in [9.17, 15) is 8.42 Å². The lowest BCUT2D eigenvalue weighted by Gasteiger charge is -2.17. The zero-order valence-corrected chi connectivity index (χ0v) is 18.2. The SMILES string of the molecule is Cc1cccc(Cl)c1S(=O)(=O)/N=c1\sc(C(C)(C)C)c(C)n1CC1CC1. The maximum atomic E-state index is 13.0. The Morgan fingerprint density at radius 1 is 1.27 bits per heavy atom. The third-order valence-corrected chi connectivity index (χ3v) is 8.22. The molecular formula is C19H25ClN2O2S2. The van der Waals surface area contributed by atoms with Crippen molar-refractivity contribution in [3.8, 4) is 0 Å². The van der Waals surface area contributed by atoms with Gasteiger partial charge in [-0.2, -0.15) is 8.42 Å². The highest BCUT2D eigenvalue weighted by Gasteiger charge is 2.28. The van der Waals surface area contributed by atoms with Gasteiger partial charge in [-0.1, -0.05) is 44.5 Å². The number of halogens is 1. The normalized spacial score (nSPS) is 16.3. The Morgan fingerprint density at radius 3 is 2.46 bits per heavy atom. The number of sulfonamides is 1. The van der Waals surface area contributed by atoms with Crippen LogP contribution in [0.15, 0.2) is 27.5 Å². The summed E-state index contributed by atoms with van der Waals surface area (Å²) in [6.07, 6.45) is 2.39. The summed E-state index contributed by atoms with van der Waals surface area (Å²) in [4.78, 5) is 1.81. The summed E-state index contributed by atoms with van der Waals surface area (Å²) in [5.41, 5.74) is 1.66. The Labute approximate surface area is 164 Å². The first kappa shape index (κ1) is 19.6. The van der Waals surface area contributed by atoms with Crippen LogP contribution in [-0.4, -0.2) is 13.0 Å². The lowest BCUT2D eigenvalue weighted by molar-refractivity contribution is 0.562. The molecule has 2 aromatic rings. The van der Waals surface area contributed by atoms with Crippen LogP contribution in [0.3, 0.4) is 0 Å². The fourth-order valence-electron chi connectivity index (χ4n) is 3.12. The monoisotopic (exact) mass is 412 g/mol. The van der Waals surface area contributed by atoms with Crippen LogP contribution in [0.4, 0.5) is 0 Å². The third kappa shape index (κ3) is 3.92. The average Bonchev–Trinajstić information content (AvgIpc) is 3.25. The van der Waals surface area contributed by atoms with Crippen molar-refractivity contribution >= 4 is 33.0 Å². The fourth-order valence-corrected chi connectivity index (χ4v) is 6.33. The van der Waals surface area contributed by atoms with Crippen LogP contribution in [0.25, 0.3) is 0 Å². The Kier molecular flexibility index (Phi) is 5.14. The Morgan fingerprint density at radius 2 is 1.92 bits per heavy atom. The van der Waals surface area contributed by atoms with Gasteiger partial charge in [-0.3, -0.25) is 0 Å². The predicted molar refractivity (Wildman–Crippen MR) is 107 cm³/mol. The summed E-state index contributed by atoms with van der Waals surface area (Å²) in [5, 5.41) is 0.215. The number of thiazole rings is 1. The van der Waals surface area contributed by atoms with Crippen LogP contribution in [-0.2, 0) is 22.0 Å². The minimum absolute atomic E-state index is 0.0576. The molecular weight excluding hydrogens is 388 g/mol. The Balaban J connectivity index is 2.21. The first-order chi connectivity index (χ1) is 12.0. The number of hydrogen-bond donors (Lipinski definition) is 0. The van der Waals surface area contributed by atoms with E-state index >= 15 is 0 Å². The average molecular weight is 413 g/mol. The van der Waals surface area contributed by atoms with Crippen molar-refractivity contribution in [3.63, 3.8) is 0 Å². The quantitative estimate of drug-likeness (QED) is 0.722. The number of nitrogens with zero attached hydrogens (tertiary/aromatic N) is 2. The van der Waals surface area contributed by atoms with Crippen LogP contribution < -0.4 is 4.80 Å². The van der Waals surface area contributed by atoms with Crippen LogP contribution in [0.2, 0.25) is 5.02 Å². The molecule has 0 atom stereocenters. The van der Waals surface area contributed by atoms with Gasteiger partial charge in [0.1, 0.15) is 4.90 Å². The smallest absolute Gasteiger partial charge is 0.286 e. The minimum Gasteiger partial charge on any atom is -0.320 e. The second-order valence-electron chi connectivity index (χ2n) is 8.06. The number of aryl methyl sites for hydroxylation is 1. The molecule has 0 bridgehead atoms. The number of benzene rings is 1. The van der Waals surface area contributed by atoms with Crippen molar-refractivity contribution in [3.05, 3.63) is 44.2 Å². The van der Waals surface area contributed by atoms with E-state index in [0.717, 1.165) is 12.2 Å². The number of rotatable bonds is 4. The molecule has 0 aliphatic heterocycles. The Bertz CT molecular complexity index is 987. The van der Waals surface area contributed by atoms with E-state index in [2.05, 4.69) is 36.7 Å². The lowest BCUT2D eigenvalue weighted by atomic mass is 9.93. The van der Waals surface area contributed by atoms with E-state index in [-0.39, 0.29) is 15.3 Å². The van der Waals surface area contributed by atoms with E-state index in [1.165, 1.54) is 29.1 Å². The fraction of sp³-hybridized carbons (Fsp3) is 0.526. The largest absolute Gasteiger partial charge is 0.320 e. The van der Waals surface area contributed by atoms with Crippen molar-refractivity contribution in [1.82, 2.24) is 4.57 Å². The third-order valence-electron chi connectivity index (χ3n) is 4.60. The molecule has 1 aromatic carbocycles. The van der Waals surface area contributed by atoms with E-state index < -0.39 is 10.0 Å². The van der Waals surface area contributed by atoms with Crippen LogP contribution in [0.1, 0.15) is 49.7 Å². The summed E-state index contributed by atoms with van der Waals surface area (Å²) in [7, 11) is -3.88. The number of aromatic nitrogens is 1. The lowest BCUT2D eigenvalue weighted by Crippen LogP contribution is -2.20. The zero-order chi connectivity index (χ0) is 19.3. The molecule has 1 aromatic heterocycles. The summed E-state index contributed by atoms with van der Waals surface area (Å²) < 4.78 is 32.3. The highest BCUT2D eigenvalue weighted by Crippen LogP contribution is 2.34. The van der Waals surface area contributed by atoms with Crippen molar-refractivity contribution in [1.29, 1.82) is 0 Å². The minimum atomic E-state index is -3.88. The maximum Gasteiger partial charge on any atom is 0.286 e. The van der Waals surface area contributed by atoms with Crippen molar-refractivity contribution in [2.75, 3.05) is 0 Å². The molecule has 0 amide bonds. The van der Waals surface area contributed by atoms with E-state index in [4.69, 9.17) is 11.6 Å². The molecule has 26 heavy (non-hydrogen) atoms. The van der Waals surface area contributed by atoms with Crippen LogP contribution >= 0.6 is 22.9 Å². The molecule has 0 spiro atoms. The highest BCUT2D eigenvalue weighted by molar-refractivity contribution is 7.90. The molecule has 1 aliphatic rings. The first-order valence-corrected chi connectivity index (χ1v) is 11.4. The molecule has 3 rings (SSSR count). The van der Waals surface area contributed by atoms with E-state index in [0.29, 0.717) is 16.3 Å². The van der Waals surface area contributed by atoms with Gasteiger partial charge < -0.3 is 4.57 Å². The standard InChI is InChI=1S/C19H25ClN2O2S2/c1-12-7-6-8-15(20)16(12)26(23,24)21-18-22(11-14-9-10-14)13(2)17(25-18)19(3,4)5/h6-8,14H,9-11H2,1-5H3/b21-18-. The van der Waals surface area contributed by atoms with Gasteiger partial charge in [0.15, 0.2) is 0 Å². The molecule has 0 N–H and O–H groups in total. The second kappa shape index (κ2) is 6.80. The van der Waals surface area contributed by atoms with Gasteiger partial charge in [-0.15, -0.1) is 15.7 Å². The molecule has 1 aliphatic carbocycles. The molecule has 4 nitrogen and oxygen atoms in total. The van der Waals surface area contributed by atoms with Crippen molar-refractivity contribution in [2.24, 2.45) is 10.3 Å². The zero-order valence-electron chi connectivity index (χ0n) is 15.8. The molecule has 7 heteroatoms. The topological polar surface area (TPSA) is 51.4 Å².